The van der Waals surface area contributed by atoms with Crippen molar-refractivity contribution in [3.63, 3.8) is 0 Å². The van der Waals surface area contributed by atoms with E-state index in [-0.39, 0.29) is 6.54 Å². The second kappa shape index (κ2) is 5.53. The highest BCUT2D eigenvalue weighted by atomic mass is 16.5. The molecule has 1 heterocycles. The maximum absolute atomic E-state index is 11.7. The summed E-state index contributed by atoms with van der Waals surface area (Å²) < 4.78 is 6.54. The maximum atomic E-state index is 11.7. The predicted octanol–water partition coefficient (Wildman–Crippen LogP) is 0.0522. The molecule has 0 fully saturated rings. The molecule has 0 aliphatic rings. The number of nitrogens with two attached hydrogens (primary N) is 1. The number of hydrogen-bond donors (Lipinski definition) is 2. The van der Waals surface area contributed by atoms with Crippen LogP contribution in [-0.2, 0) is 13.1 Å². The minimum atomic E-state index is -0.454. The summed E-state index contributed by atoms with van der Waals surface area (Å²) in [6, 6.07) is 7.38. The van der Waals surface area contributed by atoms with Gasteiger partial charge in [0.2, 0.25) is 0 Å². The van der Waals surface area contributed by atoms with Crippen molar-refractivity contribution in [3.05, 3.63) is 62.4 Å². The van der Waals surface area contributed by atoms with E-state index in [0.717, 1.165) is 5.56 Å². The van der Waals surface area contributed by atoms with Gasteiger partial charge in [-0.25, -0.2) is 4.79 Å². The largest absolute Gasteiger partial charge is 0.497 e. The summed E-state index contributed by atoms with van der Waals surface area (Å²) in [4.78, 5) is 25.4. The third kappa shape index (κ3) is 2.92. The Kier molecular flexibility index (Phi) is 3.82. The molecule has 1 aromatic heterocycles. The Morgan fingerprint density at radius 1 is 1.37 bits per heavy atom. The van der Waals surface area contributed by atoms with Gasteiger partial charge in [0, 0.05) is 18.3 Å². The summed E-state index contributed by atoms with van der Waals surface area (Å²) >= 11 is 0. The summed E-state index contributed by atoms with van der Waals surface area (Å²) in [6.45, 7) is 0.438. The molecule has 19 heavy (non-hydrogen) atoms. The van der Waals surface area contributed by atoms with E-state index < -0.39 is 11.2 Å². The fraction of sp³-hybridized carbons (Fsp3) is 0.231. The van der Waals surface area contributed by atoms with Gasteiger partial charge >= 0.3 is 5.69 Å². The number of nitrogens with zero attached hydrogens (tertiary/aromatic N) is 1. The molecule has 0 spiro atoms. The highest BCUT2D eigenvalue weighted by Crippen LogP contribution is 2.12. The third-order valence-corrected chi connectivity index (χ3v) is 2.79. The highest BCUT2D eigenvalue weighted by Gasteiger charge is 2.04. The van der Waals surface area contributed by atoms with Crippen LogP contribution in [0.15, 0.2) is 40.1 Å². The standard InChI is InChI=1S/C13H15N3O3/c1-19-11-4-2-3-9(5-11)7-16-8-10(6-14)12(17)15-13(16)18/h2-5,8H,6-7,14H2,1H3,(H,15,17,18). The average molecular weight is 261 g/mol. The topological polar surface area (TPSA) is 90.1 Å². The maximum Gasteiger partial charge on any atom is 0.328 e. The smallest absolute Gasteiger partial charge is 0.328 e. The van der Waals surface area contributed by atoms with Crippen molar-refractivity contribution in [2.45, 2.75) is 13.1 Å². The van der Waals surface area contributed by atoms with Crippen molar-refractivity contribution in [3.8, 4) is 5.75 Å². The van der Waals surface area contributed by atoms with Gasteiger partial charge < -0.3 is 10.5 Å². The summed E-state index contributed by atoms with van der Waals surface area (Å²) in [6.07, 6.45) is 1.49. The van der Waals surface area contributed by atoms with E-state index in [0.29, 0.717) is 17.9 Å². The Morgan fingerprint density at radius 3 is 2.84 bits per heavy atom. The minimum absolute atomic E-state index is 0.0910. The first-order valence-corrected chi connectivity index (χ1v) is 5.79. The average Bonchev–Trinajstić information content (AvgIpc) is 2.42. The third-order valence-electron chi connectivity index (χ3n) is 2.79. The van der Waals surface area contributed by atoms with E-state index in [9.17, 15) is 9.59 Å². The summed E-state index contributed by atoms with van der Waals surface area (Å²) in [7, 11) is 1.58. The first-order valence-electron chi connectivity index (χ1n) is 5.79. The van der Waals surface area contributed by atoms with Gasteiger partial charge in [0.15, 0.2) is 0 Å². The Hall–Kier alpha value is -2.34. The van der Waals surface area contributed by atoms with Crippen molar-refractivity contribution in [2.75, 3.05) is 7.11 Å². The lowest BCUT2D eigenvalue weighted by Gasteiger charge is -2.08. The van der Waals surface area contributed by atoms with Crippen molar-refractivity contribution < 1.29 is 4.74 Å². The number of H-pyrrole nitrogens is 1. The Labute approximate surface area is 109 Å². The molecule has 0 saturated carbocycles. The number of hydrogen-bond acceptors (Lipinski definition) is 4. The van der Waals surface area contributed by atoms with Crippen LogP contribution in [0.5, 0.6) is 5.75 Å². The molecule has 2 aromatic rings. The molecule has 0 aliphatic carbocycles. The molecule has 0 unspecified atom stereocenters. The van der Waals surface area contributed by atoms with Gasteiger partial charge in [-0.3, -0.25) is 14.3 Å². The van der Waals surface area contributed by atoms with Crippen LogP contribution in [0.3, 0.4) is 0 Å². The number of aromatic amines is 1. The van der Waals surface area contributed by atoms with Crippen LogP contribution >= 0.6 is 0 Å². The number of nitrogens with one attached hydrogen (secondary N) is 1. The molecule has 3 N–H and O–H groups in total. The van der Waals surface area contributed by atoms with Crippen molar-refractivity contribution in [2.24, 2.45) is 5.73 Å². The summed E-state index contributed by atoms with van der Waals surface area (Å²) in [5.74, 6) is 0.717. The number of ether oxygens (including phenoxy) is 1. The molecular formula is C13H15N3O3. The molecule has 6 nitrogen and oxygen atoms in total. The molecule has 0 amide bonds. The molecule has 6 heteroatoms. The van der Waals surface area contributed by atoms with Crippen molar-refractivity contribution in [1.82, 2.24) is 9.55 Å². The van der Waals surface area contributed by atoms with E-state index in [1.807, 2.05) is 24.3 Å². The van der Waals surface area contributed by atoms with Crippen LogP contribution in [0.1, 0.15) is 11.1 Å². The van der Waals surface area contributed by atoms with Crippen LogP contribution in [0.4, 0.5) is 0 Å². The predicted molar refractivity (Wildman–Crippen MR) is 71.3 cm³/mol. The van der Waals surface area contributed by atoms with Crippen molar-refractivity contribution in [1.29, 1.82) is 0 Å². The fourth-order valence-corrected chi connectivity index (χ4v) is 1.78. The van der Waals surface area contributed by atoms with Gasteiger partial charge in [-0.2, -0.15) is 0 Å². The second-order valence-corrected chi connectivity index (χ2v) is 4.10. The van der Waals surface area contributed by atoms with E-state index in [2.05, 4.69) is 4.98 Å². The van der Waals surface area contributed by atoms with Gasteiger partial charge in [0.1, 0.15) is 5.75 Å². The number of benzene rings is 1. The SMILES string of the molecule is COc1cccc(Cn2cc(CN)c(=O)[nH]c2=O)c1. The lowest BCUT2D eigenvalue weighted by molar-refractivity contribution is 0.414. The molecule has 2 rings (SSSR count). The first-order chi connectivity index (χ1) is 9.13. The van der Waals surface area contributed by atoms with Crippen LogP contribution in [-0.4, -0.2) is 16.7 Å². The summed E-state index contributed by atoms with van der Waals surface area (Å²) in [5, 5.41) is 0. The Balaban J connectivity index is 2.37. The molecule has 0 radical (unpaired) electrons. The monoisotopic (exact) mass is 261 g/mol. The zero-order chi connectivity index (χ0) is 13.8. The molecule has 0 atom stereocenters. The van der Waals surface area contributed by atoms with Gasteiger partial charge in [-0.1, -0.05) is 12.1 Å². The Bertz CT molecular complexity index is 688. The van der Waals surface area contributed by atoms with Crippen LogP contribution in [0, 0.1) is 0 Å². The normalized spacial score (nSPS) is 10.4. The molecule has 0 saturated heterocycles. The molecule has 1 aromatic carbocycles. The summed E-state index contributed by atoms with van der Waals surface area (Å²) in [5.41, 5.74) is 5.84. The zero-order valence-electron chi connectivity index (χ0n) is 10.6. The molecule has 0 aliphatic heterocycles. The first kappa shape index (κ1) is 13.1. The second-order valence-electron chi connectivity index (χ2n) is 4.10. The number of rotatable bonds is 4. The van der Waals surface area contributed by atoms with Gasteiger partial charge in [0.05, 0.1) is 13.7 Å². The van der Waals surface area contributed by atoms with E-state index in [1.165, 1.54) is 10.8 Å². The van der Waals surface area contributed by atoms with E-state index in [4.69, 9.17) is 10.5 Å². The minimum Gasteiger partial charge on any atom is -0.497 e. The van der Waals surface area contributed by atoms with Gasteiger partial charge in [0.25, 0.3) is 5.56 Å². The number of aromatic nitrogens is 2. The van der Waals surface area contributed by atoms with Crippen molar-refractivity contribution >= 4 is 0 Å². The highest BCUT2D eigenvalue weighted by molar-refractivity contribution is 5.28. The number of methoxy groups -OCH3 is 1. The lowest BCUT2D eigenvalue weighted by Crippen LogP contribution is -2.32. The van der Waals surface area contributed by atoms with Gasteiger partial charge in [-0.15, -0.1) is 0 Å². The zero-order valence-corrected chi connectivity index (χ0v) is 10.6. The Morgan fingerprint density at radius 2 is 2.16 bits per heavy atom. The van der Waals surface area contributed by atoms with Crippen LogP contribution < -0.4 is 21.7 Å². The van der Waals surface area contributed by atoms with Crippen LogP contribution in [0.25, 0.3) is 0 Å². The molecule has 0 bridgehead atoms. The van der Waals surface area contributed by atoms with Gasteiger partial charge in [-0.05, 0) is 17.7 Å². The van der Waals surface area contributed by atoms with E-state index >= 15 is 0 Å². The molecule has 100 valence electrons. The lowest BCUT2D eigenvalue weighted by atomic mass is 10.2. The van der Waals surface area contributed by atoms with E-state index in [1.54, 1.807) is 7.11 Å². The quantitative estimate of drug-likeness (QED) is 0.813. The van der Waals surface area contributed by atoms with Crippen LogP contribution in [0.2, 0.25) is 0 Å². The fourth-order valence-electron chi connectivity index (χ4n) is 1.78. The molecular weight excluding hydrogens is 246 g/mol.